The van der Waals surface area contributed by atoms with Gasteiger partial charge in [0, 0.05) is 5.57 Å². The summed E-state index contributed by atoms with van der Waals surface area (Å²) in [5.74, 6) is -2.14. The molecule has 0 radical (unpaired) electrons. The molecule has 0 heterocycles. The summed E-state index contributed by atoms with van der Waals surface area (Å²) in [4.78, 5) is 19.9. The van der Waals surface area contributed by atoms with Crippen LogP contribution in [0.2, 0.25) is 0 Å². The minimum absolute atomic E-state index is 0.171. The Morgan fingerprint density at radius 3 is 1.59 bits per heavy atom. The molecule has 0 amide bonds. The Morgan fingerprint density at radius 2 is 1.53 bits per heavy atom. The first-order valence-electron chi connectivity index (χ1n) is 4.79. The van der Waals surface area contributed by atoms with Crippen LogP contribution in [0.1, 0.15) is 20.8 Å². The number of hydrogen-bond acceptors (Lipinski definition) is 4. The third-order valence-corrected chi connectivity index (χ3v) is 1.61. The largest absolute Gasteiger partial charge is 0.478 e. The standard InChI is InChI=1S/C6H10O3.C5H8O3/c1-4(6(8)9)3-5(2)7;1-3(4(2)6)5(7)8/h3,5,7H,1-2H3,(H,8,9);4,6H,1H2,2H3,(H,7,8). The second kappa shape index (κ2) is 8.49. The number of carboxylic acid groups (broad SMARTS) is 2. The molecule has 0 aromatic heterocycles. The average Bonchev–Trinajstić information content (AvgIpc) is 2.15. The van der Waals surface area contributed by atoms with Crippen LogP contribution in [0.3, 0.4) is 0 Å². The lowest BCUT2D eigenvalue weighted by Gasteiger charge is -1.99. The normalized spacial score (nSPS) is 14.1. The molecule has 2 unspecified atom stereocenters. The van der Waals surface area contributed by atoms with Crippen LogP contribution >= 0.6 is 0 Å². The molecule has 0 aliphatic heterocycles. The van der Waals surface area contributed by atoms with Crippen LogP contribution in [0.25, 0.3) is 0 Å². The van der Waals surface area contributed by atoms with Gasteiger partial charge in [0.25, 0.3) is 0 Å². The van der Waals surface area contributed by atoms with Gasteiger partial charge >= 0.3 is 11.9 Å². The van der Waals surface area contributed by atoms with Gasteiger partial charge in [0.15, 0.2) is 0 Å². The van der Waals surface area contributed by atoms with Gasteiger partial charge in [-0.15, -0.1) is 0 Å². The Hall–Kier alpha value is -1.66. The molecule has 4 N–H and O–H groups in total. The fraction of sp³-hybridized carbons (Fsp3) is 0.455. The van der Waals surface area contributed by atoms with Crippen molar-refractivity contribution in [1.29, 1.82) is 0 Å². The molecular formula is C11H18O6. The molecule has 0 saturated carbocycles. The van der Waals surface area contributed by atoms with Crippen molar-refractivity contribution in [2.45, 2.75) is 33.0 Å². The van der Waals surface area contributed by atoms with Crippen molar-refractivity contribution < 1.29 is 30.0 Å². The zero-order valence-electron chi connectivity index (χ0n) is 10.0. The van der Waals surface area contributed by atoms with Gasteiger partial charge in [-0.05, 0) is 26.8 Å². The molecular weight excluding hydrogens is 228 g/mol. The molecule has 0 aromatic rings. The van der Waals surface area contributed by atoms with Crippen molar-refractivity contribution in [3.63, 3.8) is 0 Å². The topological polar surface area (TPSA) is 115 Å². The van der Waals surface area contributed by atoms with E-state index in [0.717, 1.165) is 0 Å². The molecule has 0 fully saturated rings. The summed E-state index contributed by atoms with van der Waals surface area (Å²) in [6.45, 7) is 7.41. The predicted octanol–water partition coefficient (Wildman–Crippen LogP) is 0.406. The van der Waals surface area contributed by atoms with E-state index in [1.807, 2.05) is 0 Å². The summed E-state index contributed by atoms with van der Waals surface area (Å²) >= 11 is 0. The third kappa shape index (κ3) is 10.6. The van der Waals surface area contributed by atoms with Crippen molar-refractivity contribution in [2.24, 2.45) is 0 Å². The maximum absolute atomic E-state index is 10.1. The van der Waals surface area contributed by atoms with Crippen molar-refractivity contribution in [3.8, 4) is 0 Å². The lowest BCUT2D eigenvalue weighted by Crippen LogP contribution is -2.11. The van der Waals surface area contributed by atoms with Gasteiger partial charge in [-0.2, -0.15) is 0 Å². The first-order valence-corrected chi connectivity index (χ1v) is 4.79. The summed E-state index contributed by atoms with van der Waals surface area (Å²) in [6.07, 6.45) is -0.351. The number of rotatable bonds is 4. The summed E-state index contributed by atoms with van der Waals surface area (Å²) in [5, 5.41) is 33.5. The van der Waals surface area contributed by atoms with Gasteiger partial charge in [0.2, 0.25) is 0 Å². The van der Waals surface area contributed by atoms with E-state index in [2.05, 4.69) is 6.58 Å². The highest BCUT2D eigenvalue weighted by atomic mass is 16.4. The fourth-order valence-electron chi connectivity index (χ4n) is 0.612. The van der Waals surface area contributed by atoms with Gasteiger partial charge in [-0.3, -0.25) is 0 Å². The molecule has 6 heteroatoms. The molecule has 0 rings (SSSR count). The minimum Gasteiger partial charge on any atom is -0.478 e. The minimum atomic E-state index is -1.15. The van der Waals surface area contributed by atoms with E-state index in [1.54, 1.807) is 0 Å². The molecule has 2 atom stereocenters. The summed E-state index contributed by atoms with van der Waals surface area (Å²) in [5.41, 5.74) is -0.00463. The Kier molecular flexibility index (Phi) is 8.85. The molecule has 0 aromatic carbocycles. The second-order valence-corrected chi connectivity index (χ2v) is 3.40. The van der Waals surface area contributed by atoms with E-state index in [0.29, 0.717) is 0 Å². The molecule has 6 nitrogen and oxygen atoms in total. The maximum atomic E-state index is 10.1. The Bertz CT molecular complexity index is 314. The molecule has 0 saturated heterocycles. The van der Waals surface area contributed by atoms with Crippen molar-refractivity contribution in [2.75, 3.05) is 0 Å². The Labute approximate surface area is 99.5 Å². The quantitative estimate of drug-likeness (QED) is 0.534. The van der Waals surface area contributed by atoms with E-state index in [4.69, 9.17) is 20.4 Å². The number of carboxylic acids is 2. The number of aliphatic carboxylic acids is 2. The van der Waals surface area contributed by atoms with Crippen LogP contribution in [0.4, 0.5) is 0 Å². The van der Waals surface area contributed by atoms with Crippen molar-refractivity contribution >= 4 is 11.9 Å². The van der Waals surface area contributed by atoms with E-state index in [-0.39, 0.29) is 11.1 Å². The molecule has 0 aliphatic rings. The Morgan fingerprint density at radius 1 is 1.12 bits per heavy atom. The summed E-state index contributed by atoms with van der Waals surface area (Å²) in [6, 6.07) is 0. The fourth-order valence-corrected chi connectivity index (χ4v) is 0.612. The van der Waals surface area contributed by atoms with Gasteiger partial charge in [0.1, 0.15) is 0 Å². The number of carbonyl (C=O) groups is 2. The molecule has 17 heavy (non-hydrogen) atoms. The highest BCUT2D eigenvalue weighted by Crippen LogP contribution is 1.96. The van der Waals surface area contributed by atoms with Crippen LogP contribution in [-0.4, -0.2) is 44.6 Å². The lowest BCUT2D eigenvalue weighted by molar-refractivity contribution is -0.134. The second-order valence-electron chi connectivity index (χ2n) is 3.40. The third-order valence-electron chi connectivity index (χ3n) is 1.61. The first-order chi connectivity index (χ1) is 7.59. The van der Waals surface area contributed by atoms with Crippen LogP contribution in [-0.2, 0) is 9.59 Å². The number of hydrogen-bond donors (Lipinski definition) is 4. The van der Waals surface area contributed by atoms with Crippen LogP contribution in [0, 0.1) is 0 Å². The summed E-state index contributed by atoms with van der Waals surface area (Å²) < 4.78 is 0. The number of aliphatic hydroxyl groups is 2. The highest BCUT2D eigenvalue weighted by molar-refractivity contribution is 5.86. The maximum Gasteiger partial charge on any atom is 0.333 e. The van der Waals surface area contributed by atoms with Gasteiger partial charge in [-0.1, -0.05) is 6.58 Å². The van der Waals surface area contributed by atoms with Crippen molar-refractivity contribution in [1.82, 2.24) is 0 Å². The number of aliphatic hydroxyl groups excluding tert-OH is 2. The zero-order chi connectivity index (χ0) is 14.2. The van der Waals surface area contributed by atoms with E-state index < -0.39 is 24.1 Å². The van der Waals surface area contributed by atoms with Crippen LogP contribution < -0.4 is 0 Å². The van der Waals surface area contributed by atoms with E-state index >= 15 is 0 Å². The molecule has 0 aliphatic carbocycles. The molecule has 0 bridgehead atoms. The zero-order valence-corrected chi connectivity index (χ0v) is 10.0. The lowest BCUT2D eigenvalue weighted by atomic mass is 10.2. The smallest absolute Gasteiger partial charge is 0.333 e. The first kappa shape index (κ1) is 17.7. The van der Waals surface area contributed by atoms with Crippen LogP contribution in [0.15, 0.2) is 23.8 Å². The summed E-state index contributed by atoms with van der Waals surface area (Å²) in [7, 11) is 0. The van der Waals surface area contributed by atoms with E-state index in [1.165, 1.54) is 26.8 Å². The molecule has 98 valence electrons. The average molecular weight is 246 g/mol. The Balaban J connectivity index is 0. The van der Waals surface area contributed by atoms with E-state index in [9.17, 15) is 9.59 Å². The van der Waals surface area contributed by atoms with Gasteiger partial charge < -0.3 is 20.4 Å². The highest BCUT2D eigenvalue weighted by Gasteiger charge is 2.08. The van der Waals surface area contributed by atoms with Crippen molar-refractivity contribution in [3.05, 3.63) is 23.8 Å². The SMILES string of the molecule is C=C(C(=O)O)C(C)O.CC(=CC(C)O)C(=O)O. The monoisotopic (exact) mass is 246 g/mol. The van der Waals surface area contributed by atoms with Gasteiger partial charge in [-0.25, -0.2) is 9.59 Å². The predicted molar refractivity (Wildman–Crippen MR) is 61.5 cm³/mol. The van der Waals surface area contributed by atoms with Crippen LogP contribution in [0.5, 0.6) is 0 Å². The molecule has 0 spiro atoms. The van der Waals surface area contributed by atoms with Gasteiger partial charge in [0.05, 0.1) is 17.8 Å².